The molecular weight excluding hydrogens is 1480 g/mol. The summed E-state index contributed by atoms with van der Waals surface area (Å²) in [5.41, 5.74) is 14.8. The van der Waals surface area contributed by atoms with Crippen molar-refractivity contribution in [1.29, 1.82) is 0 Å². The number of carboxylic acid groups (broad SMARTS) is 4. The Morgan fingerprint density at radius 2 is 0.580 bits per heavy atom. The number of nitrogens with one attached hydrogen (secondary N) is 4. The van der Waals surface area contributed by atoms with Crippen LogP contribution in [-0.4, -0.2) is 84.2 Å². The number of anilines is 8. The first kappa shape index (κ1) is 84.6. The maximum Gasteiger partial charge on any atom is 0.313 e. The van der Waals surface area contributed by atoms with Crippen molar-refractivity contribution in [2.75, 3.05) is 21.3 Å². The zero-order valence-corrected chi connectivity index (χ0v) is 68.9. The number of carbonyl (C=O) groups is 4. The van der Waals surface area contributed by atoms with Gasteiger partial charge in [0.2, 0.25) is 0 Å². The lowest BCUT2D eigenvalue weighted by molar-refractivity contribution is -0.143. The molecule has 0 fully saturated rings. The van der Waals surface area contributed by atoms with E-state index in [9.17, 15) is 39.6 Å². The highest BCUT2D eigenvalue weighted by Crippen LogP contribution is 2.36. The molecule has 0 amide bonds. The fourth-order valence-electron chi connectivity index (χ4n) is 11.8. The Morgan fingerprint density at radius 3 is 0.830 bits per heavy atom. The molecule has 0 aliphatic carbocycles. The highest BCUT2D eigenvalue weighted by Gasteiger charge is 2.33. The average Bonchev–Trinajstić information content (AvgIpc) is 1.45. The van der Waals surface area contributed by atoms with Crippen molar-refractivity contribution in [1.82, 2.24) is 39.9 Å². The van der Waals surface area contributed by atoms with Gasteiger partial charge in [0.1, 0.15) is 23.3 Å². The fraction of sp³-hybridized carbons (Fsp3) is 0.273. The summed E-state index contributed by atoms with van der Waals surface area (Å²) in [4.78, 5) is 83.7. The molecule has 0 atom stereocenters. The first-order valence-corrected chi connectivity index (χ1v) is 40.5. The minimum absolute atomic E-state index is 0.655. The van der Waals surface area contributed by atoms with Crippen LogP contribution in [0, 0.1) is 13.8 Å². The van der Waals surface area contributed by atoms with E-state index >= 15 is 0 Å². The van der Waals surface area contributed by atoms with Crippen LogP contribution in [0.3, 0.4) is 0 Å². The third kappa shape index (κ3) is 20.4. The van der Waals surface area contributed by atoms with Gasteiger partial charge in [-0.2, -0.15) is 45.3 Å². The Bertz CT molecular complexity index is 5220. The maximum atomic E-state index is 11.5. The smallest absolute Gasteiger partial charge is 0.313 e. The number of aromatic nitrogens is 8. The van der Waals surface area contributed by atoms with E-state index in [1.807, 2.05) is 190 Å². The monoisotopic (exact) mass is 1580 g/mol. The lowest BCUT2D eigenvalue weighted by Gasteiger charge is -2.20. The maximum absolute atomic E-state index is 11.5. The predicted octanol–water partition coefficient (Wildman–Crippen LogP) is 21.6. The van der Waals surface area contributed by atoms with E-state index in [0.29, 0.717) is 30.3 Å². The Hall–Kier alpha value is -11.4. The molecule has 4 aromatic carbocycles. The molecule has 8 aromatic heterocycles. The van der Waals surface area contributed by atoms with Gasteiger partial charge in [0.05, 0.1) is 21.7 Å². The van der Waals surface area contributed by atoms with Crippen LogP contribution in [0.5, 0.6) is 0 Å². The number of benzene rings is 4. The van der Waals surface area contributed by atoms with Crippen molar-refractivity contribution in [3.63, 3.8) is 0 Å². The Kier molecular flexibility index (Phi) is 28.3. The van der Waals surface area contributed by atoms with E-state index < -0.39 is 45.5 Å². The Balaban J connectivity index is 0.000000171. The van der Waals surface area contributed by atoms with Crippen molar-refractivity contribution >= 4 is 115 Å². The topological polar surface area (TPSA) is 300 Å². The van der Waals surface area contributed by atoms with E-state index in [1.54, 1.807) is 101 Å². The zero-order chi connectivity index (χ0) is 81.2. The molecule has 0 radical (unpaired) electrons. The van der Waals surface area contributed by atoms with Crippen LogP contribution in [0.2, 0.25) is 0 Å². The highest BCUT2D eigenvalue weighted by atomic mass is 32.1. The lowest BCUT2D eigenvalue weighted by Crippen LogP contribution is -2.28. The summed E-state index contributed by atoms with van der Waals surface area (Å²) in [6.45, 7) is 33.7. The van der Waals surface area contributed by atoms with Crippen LogP contribution < -0.4 is 21.3 Å². The summed E-state index contributed by atoms with van der Waals surface area (Å²) in [7, 11) is 0. The van der Waals surface area contributed by atoms with Gasteiger partial charge in [-0.05, 0) is 224 Å². The molecule has 0 bridgehead atoms. The Morgan fingerprint density at radius 1 is 0.339 bits per heavy atom. The van der Waals surface area contributed by atoms with E-state index in [4.69, 9.17) is 29.9 Å². The molecule has 0 spiro atoms. The molecule has 20 nitrogen and oxygen atoms in total. The molecule has 580 valence electrons. The summed E-state index contributed by atoms with van der Waals surface area (Å²) in [5.74, 6) is 2.50. The van der Waals surface area contributed by atoms with Crippen LogP contribution in [0.4, 0.5) is 46.0 Å². The molecule has 0 aliphatic heterocycles. The molecule has 0 saturated carbocycles. The molecule has 8 heterocycles. The van der Waals surface area contributed by atoms with Crippen molar-refractivity contribution in [3.8, 4) is 45.6 Å². The van der Waals surface area contributed by atoms with Crippen molar-refractivity contribution in [2.24, 2.45) is 0 Å². The standard InChI is InChI=1S/C23H25N3O2S.C22H23N3O2S.C22H25N3O2S.C21H23N3O2S/c1-5-7-18-19(6-2)25-20(15-12-13-29-14-15)26-21(18)24-17-10-8-16(9-11-17)23(3,4)22(27)28;1-5-6-18-14(2)23-19(15-11-12-28-13-15)25-20(18)24-17-9-7-16(8-10-17)22(3,4)21(26)27;1-5-17-18(6-2)24-19(14-11-12-28-13-14)25-20(17)23-16-9-7-15(8-10-16)22(3,4)21(26)27;1-5-17-13(2)22-18(14-10-11-27-12-14)24-19(17)23-16-8-6-15(7-9-16)21(3,4)20(25)26/h5,8-14H,1,6-7H2,2-4H3,(H,27,28)(H,24,25,26);5,7-13H,1,6H2,2-4H3,(H,26,27)(H,23,24,25);7-13H,5-6H2,1-4H3,(H,26,27)(H,23,24,25);6-12H,5H2,1-4H3,(H,25,26)(H,22,23,24). The van der Waals surface area contributed by atoms with Gasteiger partial charge >= 0.3 is 23.9 Å². The number of aryl methyl sites for hydroxylation is 4. The van der Waals surface area contributed by atoms with Crippen LogP contribution in [0.25, 0.3) is 45.6 Å². The third-order valence-corrected chi connectivity index (χ3v) is 22.2. The summed E-state index contributed by atoms with van der Waals surface area (Å²) in [5, 5.41) is 67.4. The minimum atomic E-state index is -0.942. The molecule has 0 unspecified atom stereocenters. The first-order chi connectivity index (χ1) is 53.4. The average molecular weight is 1580 g/mol. The number of allylic oxidation sites excluding steroid dienone is 2. The van der Waals surface area contributed by atoms with Gasteiger partial charge < -0.3 is 41.7 Å². The van der Waals surface area contributed by atoms with E-state index in [2.05, 4.69) is 72.1 Å². The molecule has 12 rings (SSSR count). The van der Waals surface area contributed by atoms with Crippen LogP contribution >= 0.6 is 45.3 Å². The number of thiophene rings is 4. The molecule has 0 saturated heterocycles. The van der Waals surface area contributed by atoms with Crippen molar-refractivity contribution in [2.45, 2.75) is 157 Å². The van der Waals surface area contributed by atoms with Gasteiger partial charge in [0.15, 0.2) is 23.3 Å². The zero-order valence-electron chi connectivity index (χ0n) is 65.6. The fourth-order valence-corrected chi connectivity index (χ4v) is 14.3. The number of hydrogen-bond donors (Lipinski definition) is 8. The molecule has 12 aromatic rings. The minimum Gasteiger partial charge on any atom is -0.481 e. The van der Waals surface area contributed by atoms with Gasteiger partial charge in [0.25, 0.3) is 0 Å². The lowest BCUT2D eigenvalue weighted by atomic mass is 9.85. The quantitative estimate of drug-likeness (QED) is 0.0211. The molecule has 112 heavy (non-hydrogen) atoms. The van der Waals surface area contributed by atoms with E-state index in [0.717, 1.165) is 167 Å². The second kappa shape index (κ2) is 37.5. The van der Waals surface area contributed by atoms with E-state index in [-0.39, 0.29) is 0 Å². The third-order valence-electron chi connectivity index (χ3n) is 19.4. The Labute approximate surface area is 671 Å². The van der Waals surface area contributed by atoms with Crippen molar-refractivity contribution < 1.29 is 39.6 Å². The number of nitrogens with zero attached hydrogens (tertiary/aromatic N) is 8. The number of aliphatic carboxylic acids is 4. The largest absolute Gasteiger partial charge is 0.481 e. The number of hydrogen-bond acceptors (Lipinski definition) is 20. The van der Waals surface area contributed by atoms with Gasteiger partial charge in [-0.3, -0.25) is 19.2 Å². The number of carboxylic acids is 4. The summed E-state index contributed by atoms with van der Waals surface area (Å²) < 4.78 is 0. The van der Waals surface area contributed by atoms with Gasteiger partial charge in [-0.15, -0.1) is 13.2 Å². The van der Waals surface area contributed by atoms with Gasteiger partial charge in [0, 0.05) is 112 Å². The molecule has 24 heteroatoms. The summed E-state index contributed by atoms with van der Waals surface area (Å²) in [6.07, 6.45) is 8.29. The van der Waals surface area contributed by atoms with Crippen LogP contribution in [-0.2, 0) is 79.4 Å². The van der Waals surface area contributed by atoms with E-state index in [1.165, 1.54) is 0 Å². The van der Waals surface area contributed by atoms with Crippen LogP contribution in [0.1, 0.15) is 150 Å². The first-order valence-electron chi connectivity index (χ1n) is 36.7. The normalized spacial score (nSPS) is 11.3. The van der Waals surface area contributed by atoms with Crippen LogP contribution in [0.15, 0.2) is 190 Å². The predicted molar refractivity (Wildman–Crippen MR) is 458 cm³/mol. The number of rotatable bonds is 28. The SMILES string of the molecule is C=CCc1c(C)nc(-c2ccsc2)nc1Nc1ccc(C(C)(C)C(=O)O)cc1.C=CCc1c(CC)nc(-c2ccsc2)nc1Nc1ccc(C(C)(C)C(=O)O)cc1.CCc1c(C)nc(-c2ccsc2)nc1Nc1ccc(C(C)(C)C(=O)O)cc1.CCc1nc(-c2ccsc2)nc(Nc2ccc(C(C)(C)C(=O)O)cc2)c1CC. The van der Waals surface area contributed by atoms with Crippen molar-refractivity contribution in [3.05, 3.63) is 257 Å². The molecule has 0 aliphatic rings. The highest BCUT2D eigenvalue weighted by molar-refractivity contribution is 7.09. The summed E-state index contributed by atoms with van der Waals surface area (Å²) in [6, 6.07) is 37.9. The summed E-state index contributed by atoms with van der Waals surface area (Å²) >= 11 is 6.46. The molecular formula is C88H96N12O8S4. The van der Waals surface area contributed by atoms with Gasteiger partial charge in [-0.1, -0.05) is 88.4 Å². The molecule has 8 N–H and O–H groups in total. The second-order valence-corrected chi connectivity index (χ2v) is 31.7. The second-order valence-electron chi connectivity index (χ2n) is 28.5. The van der Waals surface area contributed by atoms with Gasteiger partial charge in [-0.25, -0.2) is 39.9 Å².